The van der Waals surface area contributed by atoms with E-state index in [1.807, 2.05) is 0 Å². The van der Waals surface area contributed by atoms with Gasteiger partial charge in [0, 0.05) is 0 Å². The third kappa shape index (κ3) is 18.3. The molecule has 0 unspecified atom stereocenters. The van der Waals surface area contributed by atoms with Gasteiger partial charge in [0.2, 0.25) is 17.7 Å². The Morgan fingerprint density at radius 2 is 0.780 bits per heavy atom. The van der Waals surface area contributed by atoms with Crippen molar-refractivity contribution in [1.82, 2.24) is 0 Å². The van der Waals surface area contributed by atoms with Crippen LogP contribution in [-0.2, 0) is 0 Å². The average molecular weight is 838 g/mol. The Morgan fingerprint density at radius 1 is 0.480 bits per heavy atom. The van der Waals surface area contributed by atoms with Crippen LogP contribution < -0.4 is 36.3 Å². The van der Waals surface area contributed by atoms with E-state index in [1.165, 1.54) is 77.0 Å². The predicted molar refractivity (Wildman–Crippen MR) is 210 cm³/mol. The minimum Gasteiger partial charge on any atom is -1.00 e. The van der Waals surface area contributed by atoms with Crippen LogP contribution in [0.25, 0.3) is 0 Å². The van der Waals surface area contributed by atoms with Crippen LogP contribution in [-0.4, -0.2) is 59.0 Å². The molecule has 0 saturated carbocycles. The van der Waals surface area contributed by atoms with Crippen LogP contribution in [0.2, 0.25) is 0 Å². The topological polar surface area (TPSA) is 43.2 Å². The first kappa shape index (κ1) is 45.3. The second-order valence-electron chi connectivity index (χ2n) is 12.3. The molecule has 284 valence electrons. The fraction of sp³-hybridized carbons (Fsp3) is 0.649. The molecule has 3 aliphatic rings. The highest BCUT2D eigenvalue weighted by Gasteiger charge is 2.32. The number of ether oxygens (including phenoxy) is 4. The monoisotopic (exact) mass is 834 g/mol. The Balaban J connectivity index is 0.000000872. The molecule has 0 radical (unpaired) electrons. The van der Waals surface area contributed by atoms with Crippen LogP contribution in [0.5, 0.6) is 23.0 Å². The van der Waals surface area contributed by atoms with Crippen molar-refractivity contribution in [1.29, 1.82) is 0 Å². The number of alkyl halides is 6. The molecule has 0 saturated heterocycles. The van der Waals surface area contributed by atoms with Gasteiger partial charge in [0.15, 0.2) is 31.6 Å². The zero-order valence-corrected chi connectivity index (χ0v) is 34.2. The molecule has 13 heteroatoms. The molecule has 0 aromatic heterocycles. The number of benzene rings is 2. The lowest BCUT2D eigenvalue weighted by molar-refractivity contribution is -0.425. The van der Waals surface area contributed by atoms with Crippen molar-refractivity contribution in [3.05, 3.63) is 36.4 Å². The molecule has 50 heavy (non-hydrogen) atoms. The van der Waals surface area contributed by atoms with Gasteiger partial charge in [-0.25, -0.2) is 9.48 Å². The fourth-order valence-corrected chi connectivity index (χ4v) is 6.13. The molecule has 0 spiro atoms. The second kappa shape index (κ2) is 27.7. The van der Waals surface area contributed by atoms with E-state index in [-0.39, 0.29) is 12.4 Å². The molecular formula is C37H53Cl7N2O4. The van der Waals surface area contributed by atoms with Gasteiger partial charge in [-0.3, -0.25) is 0 Å². The predicted octanol–water partition coefficient (Wildman–Crippen LogP) is 9.64. The minimum absolute atomic E-state index is 0. The molecule has 3 heterocycles. The summed E-state index contributed by atoms with van der Waals surface area (Å²) in [6.07, 6.45) is 21.7. The number of anilines is 1. The Hall–Kier alpha value is -0.860. The summed E-state index contributed by atoms with van der Waals surface area (Å²) in [4.78, 5) is 2.30. The van der Waals surface area contributed by atoms with Crippen LogP contribution in [0.1, 0.15) is 103 Å². The van der Waals surface area contributed by atoms with E-state index in [9.17, 15) is 0 Å². The van der Waals surface area contributed by atoms with E-state index >= 15 is 0 Å². The van der Waals surface area contributed by atoms with Crippen LogP contribution in [0.3, 0.4) is 0 Å². The molecule has 0 N–H and O–H groups in total. The van der Waals surface area contributed by atoms with Crippen LogP contribution in [0.4, 0.5) is 11.4 Å². The first-order valence-corrected chi connectivity index (χ1v) is 20.5. The summed E-state index contributed by atoms with van der Waals surface area (Å²) < 4.78 is 26.6. The number of rotatable bonds is 0. The Morgan fingerprint density at radius 3 is 1.14 bits per heavy atom. The molecule has 0 aliphatic carbocycles. The van der Waals surface area contributed by atoms with Crippen LogP contribution in [0.15, 0.2) is 36.4 Å². The van der Waals surface area contributed by atoms with E-state index in [0.717, 1.165) is 99.6 Å². The van der Waals surface area contributed by atoms with Crippen molar-refractivity contribution >= 4 is 87.3 Å². The van der Waals surface area contributed by atoms with Gasteiger partial charge in [-0.05, 0) is 49.9 Å². The molecule has 0 fully saturated rings. The largest absolute Gasteiger partial charge is 1.00 e. The Bertz CT molecular complexity index is 1150. The molecule has 2 aromatic carbocycles. The third-order valence-corrected chi connectivity index (χ3v) is 8.47. The summed E-state index contributed by atoms with van der Waals surface area (Å²) in [5.41, 5.74) is 2.07. The molecule has 6 nitrogen and oxygen atoms in total. The van der Waals surface area contributed by atoms with Crippen LogP contribution >= 0.6 is 69.6 Å². The summed E-state index contributed by atoms with van der Waals surface area (Å²) in [6.45, 7) is 4.63. The van der Waals surface area contributed by atoms with Gasteiger partial charge in [-0.2, -0.15) is 0 Å². The van der Waals surface area contributed by atoms with Crippen molar-refractivity contribution in [3.63, 3.8) is 0 Å². The Labute approximate surface area is 336 Å². The zero-order chi connectivity index (χ0) is 35.1. The maximum atomic E-state index is 6.45. The smallest absolute Gasteiger partial charge is 0.245 e. The summed E-state index contributed by atoms with van der Waals surface area (Å²) in [5, 5.41) is 0. The lowest BCUT2D eigenvalue weighted by atomic mass is 10.1. The van der Waals surface area contributed by atoms with E-state index in [2.05, 4.69) is 52.2 Å². The van der Waals surface area contributed by atoms with Crippen molar-refractivity contribution in [3.8, 4) is 23.0 Å². The van der Waals surface area contributed by atoms with Gasteiger partial charge in [0.25, 0.3) is 0 Å². The molecule has 4 bridgehead atoms. The highest BCUT2D eigenvalue weighted by Crippen LogP contribution is 2.42. The number of hydrogen-bond acceptors (Lipinski definition) is 5. The fourth-order valence-electron chi connectivity index (χ4n) is 6.13. The number of halogens is 7. The lowest BCUT2D eigenvalue weighted by Gasteiger charge is -2.18. The van der Waals surface area contributed by atoms with Gasteiger partial charge in [-0.15, -0.1) is 0 Å². The van der Waals surface area contributed by atoms with Gasteiger partial charge in [0.1, 0.15) is 13.1 Å². The quantitative estimate of drug-likeness (QED) is 0.196. The van der Waals surface area contributed by atoms with Crippen molar-refractivity contribution in [2.75, 3.05) is 44.4 Å². The van der Waals surface area contributed by atoms with Gasteiger partial charge >= 0.3 is 0 Å². The summed E-state index contributed by atoms with van der Waals surface area (Å²) in [6, 6.07) is 12.5. The van der Waals surface area contributed by atoms with Crippen molar-refractivity contribution < 1.29 is 35.9 Å². The highest BCUT2D eigenvalue weighted by atomic mass is 35.6. The van der Waals surface area contributed by atoms with Gasteiger partial charge < -0.3 is 31.4 Å². The zero-order valence-electron chi connectivity index (χ0n) is 28.9. The molecule has 3 aliphatic heterocycles. The molecular weight excluding hydrogens is 785 g/mol. The summed E-state index contributed by atoms with van der Waals surface area (Å²) >= 11 is 28.8. The summed E-state index contributed by atoms with van der Waals surface area (Å²) in [7, 11) is 0. The maximum Gasteiger partial charge on any atom is 0.245 e. The number of nitrogens with zero attached hydrogens (tertiary/aromatic N) is 2. The molecule has 2 aromatic rings. The van der Waals surface area contributed by atoms with Crippen LogP contribution in [0, 0.1) is 0 Å². The van der Waals surface area contributed by atoms with Crippen molar-refractivity contribution in [2.45, 2.75) is 111 Å². The third-order valence-electron chi connectivity index (χ3n) is 8.47. The van der Waals surface area contributed by atoms with Gasteiger partial charge in [-0.1, -0.05) is 159 Å². The number of hydrogen-bond donors (Lipinski definition) is 0. The Kier molecular flexibility index (Phi) is 25.1. The van der Waals surface area contributed by atoms with E-state index in [4.69, 9.17) is 88.6 Å². The first-order chi connectivity index (χ1) is 23.9. The maximum absolute atomic E-state index is 6.45. The SMILES string of the molecule is C1=[N+]2CCN1c1c3cccc1OCCCCCCCCCCOc1cccc(c12)OCCCCCCCCCCO3.ClC(Cl)Cl.ClC(Cl)Cl.[Cl-]. The van der Waals surface area contributed by atoms with Crippen molar-refractivity contribution in [2.24, 2.45) is 0 Å². The molecule has 5 rings (SSSR count). The van der Waals surface area contributed by atoms with E-state index in [1.54, 1.807) is 0 Å². The average Bonchev–Trinajstić information content (AvgIpc) is 3.54. The number of para-hydroxylation sites is 2. The van der Waals surface area contributed by atoms with E-state index in [0.29, 0.717) is 0 Å². The highest BCUT2D eigenvalue weighted by molar-refractivity contribution is 6.63. The second-order valence-corrected chi connectivity index (χ2v) is 16.2. The van der Waals surface area contributed by atoms with E-state index < -0.39 is 8.59 Å². The summed E-state index contributed by atoms with van der Waals surface area (Å²) in [5.74, 6) is 3.63. The first-order valence-electron chi connectivity index (χ1n) is 17.9. The molecule has 0 atom stereocenters. The standard InChI is InChI=1S/C35H51N2O4.2CHCl3.ClH/c1-2-6-10-14-26-39-31-20-18-22-33-35(31)37-24-23-36(29-37)34-30(38-25-13-9-5-1)19-17-21-32(34)40-27-15-11-7-3-4-8-12-16-28-41-33;2*2-1(3)4;/h17-22,29H,1-16,23-28H2;2*1H;1H/q+1;;;/p-1. The normalized spacial score (nSPS) is 18.2. The van der Waals surface area contributed by atoms with Gasteiger partial charge in [0.05, 0.1) is 26.4 Å². The minimum atomic E-state index is -0.750. The molecule has 0 amide bonds. The lowest BCUT2D eigenvalue weighted by Crippen LogP contribution is -3.00.